The van der Waals surface area contributed by atoms with E-state index in [1.807, 2.05) is 0 Å². The van der Waals surface area contributed by atoms with Gasteiger partial charge in [0.1, 0.15) is 0 Å². The number of halogens is 1. The second-order valence-electron chi connectivity index (χ2n) is 4.19. The largest absolute Gasteiger partial charge is 0.312 e. The van der Waals surface area contributed by atoms with Crippen LogP contribution in [0.1, 0.15) is 18.4 Å². The number of carbonyl (C=O) groups excluding carboxylic acids is 1. The Balaban J connectivity index is 2.18. The van der Waals surface area contributed by atoms with Crippen molar-refractivity contribution in [3.8, 4) is 0 Å². The highest BCUT2D eigenvalue weighted by Crippen LogP contribution is 2.32. The number of hydrogen-bond donors (Lipinski definition) is 0. The molecule has 1 aromatic rings. The fourth-order valence-corrected chi connectivity index (χ4v) is 2.49. The maximum absolute atomic E-state index is 11.9. The van der Waals surface area contributed by atoms with E-state index < -0.39 is 4.92 Å². The first-order valence-corrected chi connectivity index (χ1v) is 6.89. The van der Waals surface area contributed by atoms with Crippen LogP contribution in [0.3, 0.4) is 0 Å². The third-order valence-electron chi connectivity index (χ3n) is 2.97. The van der Waals surface area contributed by atoms with Gasteiger partial charge in [-0.25, -0.2) is 0 Å². The molecule has 0 saturated heterocycles. The Morgan fingerprint density at radius 3 is 2.83 bits per heavy atom. The highest BCUT2D eigenvalue weighted by atomic mass is 79.9. The van der Waals surface area contributed by atoms with Gasteiger partial charge >= 0.3 is 0 Å². The number of alkyl halides is 1. The molecule has 1 amide bonds. The van der Waals surface area contributed by atoms with E-state index in [1.54, 1.807) is 11.0 Å². The number of carbonyl (C=O) groups is 1. The summed E-state index contributed by atoms with van der Waals surface area (Å²) in [6.45, 7) is 0.676. The predicted octanol–water partition coefficient (Wildman–Crippen LogP) is 2.66. The molecule has 0 radical (unpaired) electrons. The van der Waals surface area contributed by atoms with Gasteiger partial charge in [-0.3, -0.25) is 14.9 Å². The predicted molar refractivity (Wildman–Crippen MR) is 72.2 cm³/mol. The summed E-state index contributed by atoms with van der Waals surface area (Å²) in [6.07, 6.45) is 2.20. The van der Waals surface area contributed by atoms with Crippen molar-refractivity contribution < 1.29 is 9.72 Å². The highest BCUT2D eigenvalue weighted by Gasteiger charge is 2.28. The highest BCUT2D eigenvalue weighted by molar-refractivity contribution is 9.09. The van der Waals surface area contributed by atoms with E-state index in [-0.39, 0.29) is 18.0 Å². The number of benzene rings is 1. The molecule has 0 spiro atoms. The minimum Gasteiger partial charge on any atom is -0.312 e. The van der Waals surface area contributed by atoms with E-state index in [9.17, 15) is 14.9 Å². The number of hydrogen-bond acceptors (Lipinski definition) is 3. The van der Waals surface area contributed by atoms with E-state index >= 15 is 0 Å². The van der Waals surface area contributed by atoms with Gasteiger partial charge in [-0.2, -0.15) is 0 Å². The van der Waals surface area contributed by atoms with E-state index in [0.717, 1.165) is 29.4 Å². The summed E-state index contributed by atoms with van der Waals surface area (Å²) in [6, 6.07) is 4.62. The van der Waals surface area contributed by atoms with Crippen molar-refractivity contribution in [1.82, 2.24) is 0 Å². The summed E-state index contributed by atoms with van der Waals surface area (Å²) in [5.41, 5.74) is 1.62. The minimum atomic E-state index is -0.432. The van der Waals surface area contributed by atoms with Gasteiger partial charge in [0.25, 0.3) is 5.69 Å². The fourth-order valence-electron chi connectivity index (χ4n) is 2.09. The Kier molecular flexibility index (Phi) is 3.96. The number of amides is 1. The lowest BCUT2D eigenvalue weighted by Crippen LogP contribution is -2.27. The number of unbranched alkanes of at least 4 members (excludes halogenated alkanes) is 1. The Bertz CT molecular complexity index is 490. The summed E-state index contributed by atoms with van der Waals surface area (Å²) in [5.74, 6) is 0.0278. The zero-order chi connectivity index (χ0) is 13.1. The van der Waals surface area contributed by atoms with Crippen LogP contribution >= 0.6 is 15.9 Å². The van der Waals surface area contributed by atoms with Crippen LogP contribution in [0.25, 0.3) is 0 Å². The molecule has 1 heterocycles. The SMILES string of the molecule is O=C1Cc2cc([N+](=O)[O-])ccc2N1CCCCBr. The molecular formula is C12H13BrN2O3. The number of rotatable bonds is 5. The van der Waals surface area contributed by atoms with Crippen molar-refractivity contribution in [1.29, 1.82) is 0 Å². The van der Waals surface area contributed by atoms with Crippen LogP contribution in [0, 0.1) is 10.1 Å². The Morgan fingerprint density at radius 1 is 1.39 bits per heavy atom. The van der Waals surface area contributed by atoms with Gasteiger partial charge in [-0.1, -0.05) is 15.9 Å². The smallest absolute Gasteiger partial charge is 0.269 e. The monoisotopic (exact) mass is 312 g/mol. The van der Waals surface area contributed by atoms with Crippen LogP contribution in [0.4, 0.5) is 11.4 Å². The van der Waals surface area contributed by atoms with Crippen molar-refractivity contribution in [2.24, 2.45) is 0 Å². The lowest BCUT2D eigenvalue weighted by molar-refractivity contribution is -0.384. The average molecular weight is 313 g/mol. The molecule has 0 fully saturated rings. The van der Waals surface area contributed by atoms with Crippen molar-refractivity contribution in [3.63, 3.8) is 0 Å². The molecule has 96 valence electrons. The summed E-state index contributed by atoms with van der Waals surface area (Å²) in [4.78, 5) is 23.8. The normalized spacial score (nSPS) is 13.8. The van der Waals surface area contributed by atoms with E-state index in [0.29, 0.717) is 6.54 Å². The molecule has 5 nitrogen and oxygen atoms in total. The molecule has 18 heavy (non-hydrogen) atoms. The zero-order valence-electron chi connectivity index (χ0n) is 9.76. The molecule has 1 aliphatic heterocycles. The number of nitrogens with zero attached hydrogens (tertiary/aromatic N) is 2. The second-order valence-corrected chi connectivity index (χ2v) is 4.98. The quantitative estimate of drug-likeness (QED) is 0.363. The van der Waals surface area contributed by atoms with Gasteiger partial charge < -0.3 is 4.90 Å². The summed E-state index contributed by atoms with van der Waals surface area (Å²) < 4.78 is 0. The van der Waals surface area contributed by atoms with Gasteiger partial charge in [0.05, 0.1) is 11.3 Å². The second kappa shape index (κ2) is 5.48. The number of nitro benzene ring substituents is 1. The standard InChI is InChI=1S/C12H13BrN2O3/c13-5-1-2-6-14-11-4-3-10(15(17)18)7-9(11)8-12(14)16/h3-4,7H,1-2,5-6,8H2. The van der Waals surface area contributed by atoms with Crippen LogP contribution < -0.4 is 4.90 Å². The first kappa shape index (κ1) is 13.0. The lowest BCUT2D eigenvalue weighted by atomic mass is 10.1. The Labute approximate surface area is 113 Å². The van der Waals surface area contributed by atoms with Crippen LogP contribution in [-0.2, 0) is 11.2 Å². The van der Waals surface area contributed by atoms with Crippen LogP contribution in [0.15, 0.2) is 18.2 Å². The third kappa shape index (κ3) is 2.53. The molecule has 2 rings (SSSR count). The molecule has 0 aromatic heterocycles. The summed E-state index contributed by atoms with van der Waals surface area (Å²) in [7, 11) is 0. The molecular weight excluding hydrogens is 300 g/mol. The molecule has 0 unspecified atom stereocenters. The molecule has 1 aromatic carbocycles. The van der Waals surface area contributed by atoms with Gasteiger partial charge in [-0.15, -0.1) is 0 Å². The Hall–Kier alpha value is -1.43. The van der Waals surface area contributed by atoms with E-state index in [2.05, 4.69) is 15.9 Å². The maximum Gasteiger partial charge on any atom is 0.269 e. The van der Waals surface area contributed by atoms with Crippen LogP contribution in [0.2, 0.25) is 0 Å². The molecule has 0 N–H and O–H groups in total. The van der Waals surface area contributed by atoms with Crippen LogP contribution in [-0.4, -0.2) is 22.7 Å². The first-order chi connectivity index (χ1) is 8.63. The van der Waals surface area contributed by atoms with Gasteiger partial charge in [0.2, 0.25) is 5.91 Å². The van der Waals surface area contributed by atoms with Gasteiger partial charge in [0, 0.05) is 29.7 Å². The summed E-state index contributed by atoms with van der Waals surface area (Å²) in [5, 5.41) is 11.6. The number of fused-ring (bicyclic) bond motifs is 1. The molecule has 0 saturated carbocycles. The fraction of sp³-hybridized carbons (Fsp3) is 0.417. The maximum atomic E-state index is 11.9. The molecule has 0 aliphatic carbocycles. The number of anilines is 1. The van der Waals surface area contributed by atoms with Crippen molar-refractivity contribution in [2.45, 2.75) is 19.3 Å². The molecule has 6 heteroatoms. The Morgan fingerprint density at radius 2 is 2.17 bits per heavy atom. The third-order valence-corrected chi connectivity index (χ3v) is 3.53. The number of non-ortho nitro benzene ring substituents is 1. The minimum absolute atomic E-state index is 0.0278. The van der Waals surface area contributed by atoms with Crippen molar-refractivity contribution >= 4 is 33.2 Å². The van der Waals surface area contributed by atoms with Crippen molar-refractivity contribution in [2.75, 3.05) is 16.8 Å². The molecule has 0 atom stereocenters. The lowest BCUT2D eigenvalue weighted by Gasteiger charge is -2.16. The van der Waals surface area contributed by atoms with Gasteiger partial charge in [0.15, 0.2) is 0 Å². The van der Waals surface area contributed by atoms with Gasteiger partial charge in [-0.05, 0) is 24.5 Å². The molecule has 1 aliphatic rings. The first-order valence-electron chi connectivity index (χ1n) is 5.77. The zero-order valence-corrected chi connectivity index (χ0v) is 11.4. The van der Waals surface area contributed by atoms with Crippen LogP contribution in [0.5, 0.6) is 0 Å². The number of nitro groups is 1. The average Bonchev–Trinajstić information content (AvgIpc) is 2.65. The molecule has 0 bridgehead atoms. The van der Waals surface area contributed by atoms with Crippen molar-refractivity contribution in [3.05, 3.63) is 33.9 Å². The topological polar surface area (TPSA) is 63.4 Å². The van der Waals surface area contributed by atoms with E-state index in [4.69, 9.17) is 0 Å². The summed E-state index contributed by atoms with van der Waals surface area (Å²) >= 11 is 3.35. The van der Waals surface area contributed by atoms with E-state index in [1.165, 1.54) is 12.1 Å².